The average molecular weight is 266 g/mol. The van der Waals surface area contributed by atoms with E-state index < -0.39 is 0 Å². The van der Waals surface area contributed by atoms with Gasteiger partial charge >= 0.3 is 0 Å². The normalized spacial score (nSPS) is 23.3. The van der Waals surface area contributed by atoms with Crippen LogP contribution >= 0.6 is 0 Å². The summed E-state index contributed by atoms with van der Waals surface area (Å²) in [6.07, 6.45) is 6.35. The molecule has 19 heavy (non-hydrogen) atoms. The Morgan fingerprint density at radius 2 is 2.16 bits per heavy atom. The van der Waals surface area contributed by atoms with Gasteiger partial charge in [0.05, 0.1) is 6.61 Å². The Bertz CT molecular complexity index is 315. The minimum Gasteiger partial charge on any atom is -0.383 e. The fourth-order valence-electron chi connectivity index (χ4n) is 2.77. The third kappa shape index (κ3) is 4.59. The lowest BCUT2D eigenvalue weighted by atomic mass is 9.83. The Labute approximate surface area is 118 Å². The van der Waals surface area contributed by atoms with Gasteiger partial charge in [0, 0.05) is 38.8 Å². The third-order valence-electron chi connectivity index (χ3n) is 4.30. The molecule has 1 fully saturated rings. The van der Waals surface area contributed by atoms with Crippen molar-refractivity contribution >= 4 is 0 Å². The van der Waals surface area contributed by atoms with Crippen molar-refractivity contribution in [3.05, 3.63) is 11.6 Å². The number of nitrogens with one attached hydrogen (secondary N) is 1. The average Bonchev–Trinajstić information content (AvgIpc) is 3.17. The Morgan fingerprint density at radius 3 is 2.63 bits per heavy atom. The molecule has 3 nitrogen and oxygen atoms in total. The molecule has 0 saturated heterocycles. The minimum absolute atomic E-state index is 0.328. The van der Waals surface area contributed by atoms with Crippen molar-refractivity contribution in [3.8, 4) is 0 Å². The summed E-state index contributed by atoms with van der Waals surface area (Å²) in [6, 6.07) is 1.30. The van der Waals surface area contributed by atoms with Crippen LogP contribution in [0.2, 0.25) is 0 Å². The van der Waals surface area contributed by atoms with E-state index >= 15 is 0 Å². The van der Waals surface area contributed by atoms with E-state index in [1.807, 2.05) is 7.11 Å². The predicted octanol–water partition coefficient (Wildman–Crippen LogP) is 2.43. The summed E-state index contributed by atoms with van der Waals surface area (Å²) < 4.78 is 5.40. The van der Waals surface area contributed by atoms with E-state index in [9.17, 15) is 0 Å². The molecule has 0 aromatic rings. The smallest absolute Gasteiger partial charge is 0.0630 e. The fourth-order valence-corrected chi connectivity index (χ4v) is 2.77. The van der Waals surface area contributed by atoms with E-state index in [1.165, 1.54) is 25.8 Å². The van der Waals surface area contributed by atoms with Gasteiger partial charge in [0.15, 0.2) is 0 Å². The Balaban J connectivity index is 1.86. The van der Waals surface area contributed by atoms with Crippen LogP contribution in [0.5, 0.6) is 0 Å². The topological polar surface area (TPSA) is 24.5 Å². The lowest BCUT2D eigenvalue weighted by Gasteiger charge is -2.36. The second-order valence-electron chi connectivity index (χ2n) is 7.02. The third-order valence-corrected chi connectivity index (χ3v) is 4.30. The van der Waals surface area contributed by atoms with Crippen molar-refractivity contribution in [1.82, 2.24) is 10.2 Å². The summed E-state index contributed by atoms with van der Waals surface area (Å²) in [5.41, 5.74) is 1.94. The van der Waals surface area contributed by atoms with Crippen LogP contribution in [0.3, 0.4) is 0 Å². The highest BCUT2D eigenvalue weighted by molar-refractivity contribution is 5.15. The van der Waals surface area contributed by atoms with Crippen molar-refractivity contribution in [2.75, 3.05) is 33.4 Å². The van der Waals surface area contributed by atoms with E-state index in [0.29, 0.717) is 11.5 Å². The lowest BCUT2D eigenvalue weighted by Crippen LogP contribution is -2.47. The maximum Gasteiger partial charge on any atom is 0.0630 e. The van der Waals surface area contributed by atoms with Crippen molar-refractivity contribution in [2.24, 2.45) is 5.41 Å². The maximum atomic E-state index is 5.40. The van der Waals surface area contributed by atoms with Crippen LogP contribution < -0.4 is 5.32 Å². The van der Waals surface area contributed by atoms with Gasteiger partial charge in [0.25, 0.3) is 0 Å². The predicted molar refractivity (Wildman–Crippen MR) is 80.4 cm³/mol. The summed E-state index contributed by atoms with van der Waals surface area (Å²) in [6.45, 7) is 11.1. The van der Waals surface area contributed by atoms with Gasteiger partial charge in [-0.15, -0.1) is 0 Å². The van der Waals surface area contributed by atoms with Crippen LogP contribution in [0, 0.1) is 5.41 Å². The van der Waals surface area contributed by atoms with Crippen molar-refractivity contribution < 1.29 is 4.74 Å². The zero-order valence-corrected chi connectivity index (χ0v) is 13.0. The Kier molecular flexibility index (Phi) is 5.04. The first-order valence-electron chi connectivity index (χ1n) is 7.66. The van der Waals surface area contributed by atoms with Gasteiger partial charge in [-0.3, -0.25) is 4.90 Å². The van der Waals surface area contributed by atoms with Crippen molar-refractivity contribution in [1.29, 1.82) is 0 Å². The molecule has 110 valence electrons. The highest BCUT2D eigenvalue weighted by Crippen LogP contribution is 2.30. The molecule has 0 aromatic heterocycles. The Morgan fingerprint density at radius 1 is 1.42 bits per heavy atom. The molecule has 0 bridgehead atoms. The first-order valence-corrected chi connectivity index (χ1v) is 7.66. The monoisotopic (exact) mass is 266 g/mol. The van der Waals surface area contributed by atoms with Crippen LogP contribution in [0.15, 0.2) is 11.6 Å². The molecule has 1 atom stereocenters. The first kappa shape index (κ1) is 15.0. The van der Waals surface area contributed by atoms with E-state index in [2.05, 4.69) is 37.1 Å². The van der Waals surface area contributed by atoms with Crippen LogP contribution in [0.4, 0.5) is 0 Å². The van der Waals surface area contributed by atoms with Crippen LogP contribution in [0.25, 0.3) is 0 Å². The van der Waals surface area contributed by atoms with Gasteiger partial charge in [0.1, 0.15) is 0 Å². The van der Waals surface area contributed by atoms with Gasteiger partial charge in [0.2, 0.25) is 0 Å². The summed E-state index contributed by atoms with van der Waals surface area (Å²) in [5.74, 6) is 0. The molecule has 1 unspecified atom stereocenters. The molecule has 0 spiro atoms. The molecule has 1 aliphatic heterocycles. The largest absolute Gasteiger partial charge is 0.383 e. The van der Waals surface area contributed by atoms with Crippen molar-refractivity contribution in [3.63, 3.8) is 0 Å². The molecule has 2 rings (SSSR count). The number of rotatable bonds is 6. The molecule has 3 heteroatoms. The molecular weight excluding hydrogens is 236 g/mol. The summed E-state index contributed by atoms with van der Waals surface area (Å²) in [7, 11) is 1.81. The molecule has 0 radical (unpaired) electrons. The summed E-state index contributed by atoms with van der Waals surface area (Å²) in [5, 5.41) is 3.64. The van der Waals surface area contributed by atoms with E-state index in [0.717, 1.165) is 25.7 Å². The summed E-state index contributed by atoms with van der Waals surface area (Å²) >= 11 is 0. The maximum absolute atomic E-state index is 5.40. The van der Waals surface area contributed by atoms with Gasteiger partial charge in [-0.2, -0.15) is 0 Å². The lowest BCUT2D eigenvalue weighted by molar-refractivity contribution is 0.0923. The number of hydrogen-bond acceptors (Lipinski definition) is 3. The minimum atomic E-state index is 0.328. The zero-order chi connectivity index (χ0) is 13.9. The van der Waals surface area contributed by atoms with Crippen LogP contribution in [-0.4, -0.2) is 50.3 Å². The second kappa shape index (κ2) is 6.38. The highest BCUT2D eigenvalue weighted by Gasteiger charge is 2.27. The molecule has 0 aromatic carbocycles. The number of methoxy groups -OCH3 is 1. The van der Waals surface area contributed by atoms with E-state index in [1.54, 1.807) is 5.57 Å². The molecule has 1 aliphatic carbocycles. The highest BCUT2D eigenvalue weighted by atomic mass is 16.5. The zero-order valence-electron chi connectivity index (χ0n) is 13.0. The van der Waals surface area contributed by atoms with Gasteiger partial charge in [-0.05, 0) is 24.7 Å². The van der Waals surface area contributed by atoms with Crippen LogP contribution in [-0.2, 0) is 4.74 Å². The van der Waals surface area contributed by atoms with E-state index in [-0.39, 0.29) is 0 Å². The number of nitrogens with zero attached hydrogens (tertiary/aromatic N) is 1. The number of hydrogen-bond donors (Lipinski definition) is 1. The molecule has 0 amide bonds. The quantitative estimate of drug-likeness (QED) is 0.747. The van der Waals surface area contributed by atoms with Crippen LogP contribution in [0.1, 0.15) is 40.0 Å². The fraction of sp³-hybridized carbons (Fsp3) is 0.875. The number of ether oxygens (including phenoxy) is 1. The van der Waals surface area contributed by atoms with E-state index in [4.69, 9.17) is 4.74 Å². The van der Waals surface area contributed by atoms with Gasteiger partial charge in [-0.1, -0.05) is 32.4 Å². The van der Waals surface area contributed by atoms with Crippen molar-refractivity contribution in [2.45, 2.75) is 52.1 Å². The standard InChI is InChI=1S/C16H30N2O/c1-16(2,3)13-7-9-18(10-8-13)15(12-19-4)11-17-14-5-6-14/h7,14-15,17H,5-6,8-12H2,1-4H3. The molecule has 1 saturated carbocycles. The molecule has 1 heterocycles. The molecule has 1 N–H and O–H groups in total. The van der Waals surface area contributed by atoms with Gasteiger partial charge < -0.3 is 10.1 Å². The summed E-state index contributed by atoms with van der Waals surface area (Å²) in [4.78, 5) is 2.56. The van der Waals surface area contributed by atoms with Gasteiger partial charge in [-0.25, -0.2) is 0 Å². The molecular formula is C16H30N2O. The first-order chi connectivity index (χ1) is 9.00. The Hall–Kier alpha value is -0.380. The second-order valence-corrected chi connectivity index (χ2v) is 7.02. The SMILES string of the molecule is COCC(CNC1CC1)N1CC=C(C(C)(C)C)CC1. The molecule has 2 aliphatic rings.